The van der Waals surface area contributed by atoms with Gasteiger partial charge in [0.15, 0.2) is 5.96 Å². The number of rotatable bonds is 5. The van der Waals surface area contributed by atoms with Crippen LogP contribution < -0.4 is 10.6 Å². The van der Waals surface area contributed by atoms with Crippen LogP contribution >= 0.6 is 0 Å². The van der Waals surface area contributed by atoms with Gasteiger partial charge >= 0.3 is 12.3 Å². The van der Waals surface area contributed by atoms with E-state index < -0.39 is 18.3 Å². The summed E-state index contributed by atoms with van der Waals surface area (Å²) in [4.78, 5) is 18.6. The second kappa shape index (κ2) is 8.59. The van der Waals surface area contributed by atoms with Gasteiger partial charge in [-0.1, -0.05) is 0 Å². The molecular weight excluding hydrogens is 339 g/mol. The molecule has 0 spiro atoms. The van der Waals surface area contributed by atoms with Crippen molar-refractivity contribution >= 4 is 12.1 Å². The fourth-order valence-corrected chi connectivity index (χ4v) is 2.18. The number of halogens is 3. The van der Waals surface area contributed by atoms with E-state index in [0.717, 1.165) is 0 Å². The Labute approximate surface area is 146 Å². The minimum absolute atomic E-state index is 0.0339. The number of amides is 1. The van der Waals surface area contributed by atoms with Crippen molar-refractivity contribution in [3.05, 3.63) is 0 Å². The number of likely N-dealkylation sites (tertiary alicyclic amines) is 1. The zero-order valence-electron chi connectivity index (χ0n) is 15.4. The van der Waals surface area contributed by atoms with Gasteiger partial charge in [-0.3, -0.25) is 9.89 Å². The van der Waals surface area contributed by atoms with Crippen LogP contribution in [0.5, 0.6) is 0 Å². The van der Waals surface area contributed by atoms with Gasteiger partial charge in [-0.2, -0.15) is 13.2 Å². The molecule has 0 aromatic carbocycles. The Kier molecular flexibility index (Phi) is 7.33. The molecule has 0 bridgehead atoms. The van der Waals surface area contributed by atoms with Crippen LogP contribution in [0.3, 0.4) is 0 Å². The molecule has 146 valence electrons. The number of ether oxygens (including phenoxy) is 1. The van der Waals surface area contributed by atoms with E-state index in [4.69, 9.17) is 4.74 Å². The van der Waals surface area contributed by atoms with Crippen LogP contribution in [0.4, 0.5) is 18.0 Å². The first-order valence-electron chi connectivity index (χ1n) is 8.10. The lowest BCUT2D eigenvalue weighted by molar-refractivity contribution is -0.142. The van der Waals surface area contributed by atoms with Gasteiger partial charge in [-0.25, -0.2) is 4.79 Å². The first kappa shape index (κ1) is 21.3. The van der Waals surface area contributed by atoms with Gasteiger partial charge in [-0.05, 0) is 27.8 Å². The van der Waals surface area contributed by atoms with E-state index in [1.54, 1.807) is 11.9 Å². The zero-order chi connectivity index (χ0) is 19.3. The predicted molar refractivity (Wildman–Crippen MR) is 89.6 cm³/mol. The lowest BCUT2D eigenvalue weighted by atomic mass is 10.1. The van der Waals surface area contributed by atoms with Crippen LogP contribution in [0.25, 0.3) is 0 Å². The maximum atomic E-state index is 12.2. The fourth-order valence-electron chi connectivity index (χ4n) is 2.18. The average Bonchev–Trinajstić information content (AvgIpc) is 2.35. The first-order valence-corrected chi connectivity index (χ1v) is 8.10. The monoisotopic (exact) mass is 367 g/mol. The van der Waals surface area contributed by atoms with E-state index >= 15 is 0 Å². The zero-order valence-corrected chi connectivity index (χ0v) is 15.4. The molecule has 0 radical (unpaired) electrons. The third-order valence-corrected chi connectivity index (χ3v) is 3.33. The van der Waals surface area contributed by atoms with E-state index in [-0.39, 0.29) is 18.7 Å². The molecule has 1 heterocycles. The standard InChI is InChI=1S/C15H28F3N5O2/c1-14(2,3)25-13(24)23-8-11(9-23)21-12(19-4)20-6-7-22(5)10-15(16,17)18/h11H,6-10H2,1-5H3,(H2,19,20,21). The van der Waals surface area contributed by atoms with Gasteiger partial charge in [0.25, 0.3) is 0 Å². The molecule has 0 aliphatic carbocycles. The number of carbonyl (C=O) groups excluding carboxylic acids is 1. The largest absolute Gasteiger partial charge is 0.444 e. The summed E-state index contributed by atoms with van der Waals surface area (Å²) < 4.78 is 42.0. The van der Waals surface area contributed by atoms with Crippen LogP contribution in [0.15, 0.2) is 4.99 Å². The minimum atomic E-state index is -4.20. The minimum Gasteiger partial charge on any atom is -0.444 e. The van der Waals surface area contributed by atoms with E-state index in [1.165, 1.54) is 11.9 Å². The van der Waals surface area contributed by atoms with Gasteiger partial charge in [0.2, 0.25) is 0 Å². The number of hydrogen-bond acceptors (Lipinski definition) is 4. The highest BCUT2D eigenvalue weighted by atomic mass is 19.4. The molecule has 0 unspecified atom stereocenters. The second-order valence-corrected chi connectivity index (χ2v) is 7.08. The molecule has 1 fully saturated rings. The molecular formula is C15H28F3N5O2. The van der Waals surface area contributed by atoms with Crippen molar-refractivity contribution in [2.75, 3.05) is 46.8 Å². The molecule has 10 heteroatoms. The number of aliphatic imine (C=N–C) groups is 1. The van der Waals surface area contributed by atoms with Gasteiger partial charge in [0.1, 0.15) is 5.60 Å². The van der Waals surface area contributed by atoms with Crippen molar-refractivity contribution in [2.45, 2.75) is 38.6 Å². The SMILES string of the molecule is CN=C(NCCN(C)CC(F)(F)F)NC1CN(C(=O)OC(C)(C)C)C1. The summed E-state index contributed by atoms with van der Waals surface area (Å²) in [6.45, 7) is 6.01. The molecule has 0 saturated carbocycles. The third-order valence-electron chi connectivity index (χ3n) is 3.33. The number of likely N-dealkylation sites (N-methyl/N-ethyl adjacent to an activating group) is 1. The average molecular weight is 367 g/mol. The smallest absolute Gasteiger partial charge is 0.410 e. The van der Waals surface area contributed by atoms with Crippen molar-refractivity contribution in [3.8, 4) is 0 Å². The Hall–Kier alpha value is -1.71. The van der Waals surface area contributed by atoms with Crippen LogP contribution in [0.2, 0.25) is 0 Å². The van der Waals surface area contributed by atoms with Crippen LogP contribution in [0.1, 0.15) is 20.8 Å². The Morgan fingerprint density at radius 1 is 1.32 bits per heavy atom. The molecule has 0 aromatic rings. The number of nitrogens with zero attached hydrogens (tertiary/aromatic N) is 3. The van der Waals surface area contributed by atoms with Crippen molar-refractivity contribution in [1.29, 1.82) is 0 Å². The van der Waals surface area contributed by atoms with Crippen molar-refractivity contribution in [1.82, 2.24) is 20.4 Å². The van der Waals surface area contributed by atoms with Crippen LogP contribution in [-0.2, 0) is 4.74 Å². The Bertz CT molecular complexity index is 471. The van der Waals surface area contributed by atoms with Crippen LogP contribution in [-0.4, -0.2) is 86.5 Å². The highest BCUT2D eigenvalue weighted by molar-refractivity contribution is 5.80. The number of carbonyl (C=O) groups is 1. The molecule has 25 heavy (non-hydrogen) atoms. The number of alkyl halides is 3. The predicted octanol–water partition coefficient (Wildman–Crippen LogP) is 1.26. The van der Waals surface area contributed by atoms with Gasteiger partial charge in [0.05, 0.1) is 12.6 Å². The quantitative estimate of drug-likeness (QED) is 0.566. The summed E-state index contributed by atoms with van der Waals surface area (Å²) in [5.74, 6) is 0.495. The topological polar surface area (TPSA) is 69.2 Å². The van der Waals surface area contributed by atoms with Gasteiger partial charge < -0.3 is 20.3 Å². The van der Waals surface area contributed by atoms with E-state index in [2.05, 4.69) is 15.6 Å². The Morgan fingerprint density at radius 2 is 1.92 bits per heavy atom. The van der Waals surface area contributed by atoms with Crippen molar-refractivity contribution in [3.63, 3.8) is 0 Å². The first-order chi connectivity index (χ1) is 11.4. The molecule has 2 N–H and O–H groups in total. The summed E-state index contributed by atoms with van der Waals surface area (Å²) in [7, 11) is 3.00. The summed E-state index contributed by atoms with van der Waals surface area (Å²) in [6, 6.07) is 0.0339. The van der Waals surface area contributed by atoms with Gasteiger partial charge in [0, 0.05) is 33.2 Å². The van der Waals surface area contributed by atoms with Crippen LogP contribution in [0, 0.1) is 0 Å². The summed E-state index contributed by atoms with van der Waals surface area (Å²) in [5.41, 5.74) is -0.532. The lowest BCUT2D eigenvalue weighted by Crippen LogP contribution is -2.63. The third kappa shape index (κ3) is 8.80. The lowest BCUT2D eigenvalue weighted by Gasteiger charge is -2.40. The Balaban J connectivity index is 2.25. The maximum absolute atomic E-state index is 12.2. The number of hydrogen-bond donors (Lipinski definition) is 2. The summed E-state index contributed by atoms with van der Waals surface area (Å²) >= 11 is 0. The molecule has 1 saturated heterocycles. The van der Waals surface area contributed by atoms with Crippen molar-refractivity contribution < 1.29 is 22.7 Å². The summed E-state index contributed by atoms with van der Waals surface area (Å²) in [5, 5.41) is 6.08. The second-order valence-electron chi connectivity index (χ2n) is 7.08. The Morgan fingerprint density at radius 3 is 2.40 bits per heavy atom. The summed E-state index contributed by atoms with van der Waals surface area (Å²) in [6.07, 6.45) is -4.56. The van der Waals surface area contributed by atoms with E-state index in [0.29, 0.717) is 25.6 Å². The highest BCUT2D eigenvalue weighted by Crippen LogP contribution is 2.16. The maximum Gasteiger partial charge on any atom is 0.410 e. The van der Waals surface area contributed by atoms with Gasteiger partial charge in [-0.15, -0.1) is 0 Å². The fraction of sp³-hybridized carbons (Fsp3) is 0.867. The molecule has 1 aliphatic rings. The highest BCUT2D eigenvalue weighted by Gasteiger charge is 2.34. The van der Waals surface area contributed by atoms with E-state index in [1.807, 2.05) is 20.8 Å². The molecule has 1 amide bonds. The van der Waals surface area contributed by atoms with Crippen molar-refractivity contribution in [2.24, 2.45) is 4.99 Å². The molecule has 7 nitrogen and oxygen atoms in total. The van der Waals surface area contributed by atoms with E-state index in [9.17, 15) is 18.0 Å². The number of guanidine groups is 1. The molecule has 0 atom stereocenters. The molecule has 1 rings (SSSR count). The molecule has 1 aliphatic heterocycles. The number of nitrogens with one attached hydrogen (secondary N) is 2. The molecule has 0 aromatic heterocycles. The normalized spacial score (nSPS) is 16.7.